The van der Waals surface area contributed by atoms with Crippen LogP contribution in [0.4, 0.5) is 0 Å². The fourth-order valence-corrected chi connectivity index (χ4v) is 5.58. The topological polar surface area (TPSA) is 98.0 Å². The summed E-state index contributed by atoms with van der Waals surface area (Å²) in [6.45, 7) is 0. The van der Waals surface area contributed by atoms with Gasteiger partial charge in [-0.15, -0.1) is 0 Å². The van der Waals surface area contributed by atoms with Gasteiger partial charge in [0.2, 0.25) is 0 Å². The molecule has 6 nitrogen and oxygen atoms in total. The average Bonchev–Trinajstić information content (AvgIpc) is 3.56. The molecule has 154 valence electrons. The Labute approximate surface area is 181 Å². The van der Waals surface area contributed by atoms with E-state index in [0.717, 1.165) is 38.5 Å². The smallest absolute Gasteiger partial charge is 0.259 e. The molecule has 4 N–H and O–H groups in total. The predicted octanol–water partition coefficient (Wildman–Crippen LogP) is 4.38. The van der Waals surface area contributed by atoms with E-state index in [1.807, 2.05) is 60.7 Å². The molecule has 1 aliphatic carbocycles. The first-order valence-corrected chi connectivity index (χ1v) is 10.5. The van der Waals surface area contributed by atoms with Gasteiger partial charge in [-0.2, -0.15) is 0 Å². The third kappa shape index (κ3) is 2.02. The highest BCUT2D eigenvalue weighted by Crippen LogP contribution is 2.55. The Balaban J connectivity index is 1.69. The molecular weight excluding hydrogens is 402 g/mol. The van der Waals surface area contributed by atoms with Crippen LogP contribution in [0.15, 0.2) is 66.9 Å². The number of rotatable bonds is 2. The van der Waals surface area contributed by atoms with Gasteiger partial charge in [-0.25, -0.2) is 0 Å². The van der Waals surface area contributed by atoms with Gasteiger partial charge in [0.05, 0.1) is 16.6 Å². The maximum Gasteiger partial charge on any atom is 0.259 e. The summed E-state index contributed by atoms with van der Waals surface area (Å²) in [5, 5.41) is 15.6. The molecule has 0 radical (unpaired) electrons. The number of fused-ring (bicyclic) bond motifs is 10. The van der Waals surface area contributed by atoms with Crippen LogP contribution in [-0.4, -0.2) is 26.9 Å². The first-order valence-electron chi connectivity index (χ1n) is 10.5. The van der Waals surface area contributed by atoms with Crippen molar-refractivity contribution in [2.75, 3.05) is 0 Å². The number of aliphatic hydroxyl groups is 1. The molecule has 0 bridgehead atoms. The highest BCUT2D eigenvalue weighted by Gasteiger charge is 2.44. The number of aromatic nitrogens is 2. The predicted molar refractivity (Wildman–Crippen MR) is 121 cm³/mol. The van der Waals surface area contributed by atoms with Gasteiger partial charge in [0, 0.05) is 39.7 Å². The number of H-pyrrole nitrogens is 2. The number of carbonyl (C=O) groups excluding carboxylic acids is 2. The monoisotopic (exact) mass is 419 g/mol. The van der Waals surface area contributed by atoms with E-state index < -0.39 is 23.8 Å². The van der Waals surface area contributed by atoms with E-state index in [1.165, 1.54) is 0 Å². The minimum atomic E-state index is -0.901. The summed E-state index contributed by atoms with van der Waals surface area (Å²) in [4.78, 5) is 32.7. The molecule has 0 spiro atoms. The Kier molecular flexibility index (Phi) is 3.26. The number of imide groups is 1. The van der Waals surface area contributed by atoms with Crippen LogP contribution in [0.5, 0.6) is 0 Å². The number of benzene rings is 3. The van der Waals surface area contributed by atoms with Gasteiger partial charge in [0.25, 0.3) is 11.8 Å². The molecule has 2 aromatic heterocycles. The highest BCUT2D eigenvalue weighted by molar-refractivity contribution is 6.33. The lowest BCUT2D eigenvalue weighted by molar-refractivity contribution is 0.0879. The standard InChI is InChI=1S/C26H17N3O3/c30-24(16-10-5-11-27-16)19-13-7-2-1-6-12(13)17-20(19)22-21(25(31)29-26(22)32)18-14-8-3-4-9-15(14)28-23(17)18/h1-11,19,24,27-28,30H,(H,29,31,32). The minimum Gasteiger partial charge on any atom is -0.386 e. The second-order valence-electron chi connectivity index (χ2n) is 8.38. The number of nitrogens with one attached hydrogen (secondary N) is 3. The molecule has 2 aliphatic rings. The number of para-hydroxylation sites is 1. The maximum atomic E-state index is 13.1. The number of aromatic amines is 2. The van der Waals surface area contributed by atoms with Gasteiger partial charge >= 0.3 is 0 Å². The molecule has 6 heteroatoms. The number of amides is 2. The Morgan fingerprint density at radius 1 is 0.844 bits per heavy atom. The summed E-state index contributed by atoms with van der Waals surface area (Å²) in [6, 6.07) is 19.4. The molecule has 3 heterocycles. The van der Waals surface area contributed by atoms with E-state index >= 15 is 0 Å². The van der Waals surface area contributed by atoms with Gasteiger partial charge in [-0.3, -0.25) is 14.9 Å². The van der Waals surface area contributed by atoms with Crippen molar-refractivity contribution in [2.45, 2.75) is 12.0 Å². The van der Waals surface area contributed by atoms with Crippen LogP contribution in [-0.2, 0) is 0 Å². The molecule has 2 atom stereocenters. The third-order valence-electron chi connectivity index (χ3n) is 6.81. The summed E-state index contributed by atoms with van der Waals surface area (Å²) in [5.74, 6) is -1.29. The molecule has 2 unspecified atom stereocenters. The lowest BCUT2D eigenvalue weighted by Crippen LogP contribution is -2.21. The Morgan fingerprint density at radius 3 is 2.47 bits per heavy atom. The maximum absolute atomic E-state index is 13.1. The van der Waals surface area contributed by atoms with Crippen LogP contribution >= 0.6 is 0 Å². The van der Waals surface area contributed by atoms with Gasteiger partial charge < -0.3 is 15.1 Å². The number of hydrogen-bond donors (Lipinski definition) is 4. The number of carbonyl (C=O) groups is 2. The quantitative estimate of drug-likeness (QED) is 0.320. The Morgan fingerprint density at radius 2 is 1.62 bits per heavy atom. The van der Waals surface area contributed by atoms with Crippen LogP contribution < -0.4 is 5.32 Å². The van der Waals surface area contributed by atoms with Crippen molar-refractivity contribution in [1.82, 2.24) is 15.3 Å². The second-order valence-corrected chi connectivity index (χ2v) is 8.38. The van der Waals surface area contributed by atoms with Crippen LogP contribution in [0, 0.1) is 0 Å². The van der Waals surface area contributed by atoms with E-state index in [4.69, 9.17) is 0 Å². The van der Waals surface area contributed by atoms with Crippen molar-refractivity contribution in [3.05, 3.63) is 94.8 Å². The van der Waals surface area contributed by atoms with E-state index in [1.54, 1.807) is 6.20 Å². The second kappa shape index (κ2) is 5.96. The number of hydrogen-bond acceptors (Lipinski definition) is 3. The number of aliphatic hydroxyl groups excluding tert-OH is 1. The molecule has 32 heavy (non-hydrogen) atoms. The van der Waals surface area contributed by atoms with Gasteiger partial charge in [-0.1, -0.05) is 42.5 Å². The first-order chi connectivity index (χ1) is 15.6. The average molecular weight is 419 g/mol. The lowest BCUT2D eigenvalue weighted by atomic mass is 9.84. The summed E-state index contributed by atoms with van der Waals surface area (Å²) in [6.07, 6.45) is 0.865. The lowest BCUT2D eigenvalue weighted by Gasteiger charge is -2.21. The van der Waals surface area contributed by atoms with Crippen LogP contribution in [0.2, 0.25) is 0 Å². The summed E-state index contributed by atoms with van der Waals surface area (Å²) in [5.41, 5.74) is 6.61. The zero-order valence-corrected chi connectivity index (χ0v) is 16.8. The van der Waals surface area contributed by atoms with Crippen LogP contribution in [0.3, 0.4) is 0 Å². The molecule has 0 saturated carbocycles. The van der Waals surface area contributed by atoms with Gasteiger partial charge in [-0.05, 0) is 34.9 Å². The van der Waals surface area contributed by atoms with Crippen molar-refractivity contribution < 1.29 is 14.7 Å². The molecular formula is C26H17N3O3. The molecule has 2 amide bonds. The minimum absolute atomic E-state index is 0.369. The van der Waals surface area contributed by atoms with Gasteiger partial charge in [0.1, 0.15) is 6.10 Å². The highest BCUT2D eigenvalue weighted by atomic mass is 16.3. The molecule has 0 fully saturated rings. The first kappa shape index (κ1) is 17.5. The van der Waals surface area contributed by atoms with Crippen molar-refractivity contribution in [2.24, 2.45) is 0 Å². The SMILES string of the molecule is O=C1NC(=O)c2c1c1c(c3[nH]c4ccccc4c23)-c2ccccc2C1C(O)c1ccc[nH]1. The van der Waals surface area contributed by atoms with E-state index in [9.17, 15) is 14.7 Å². The fraction of sp³-hybridized carbons (Fsp3) is 0.0769. The van der Waals surface area contributed by atoms with Crippen molar-refractivity contribution in [1.29, 1.82) is 0 Å². The summed E-state index contributed by atoms with van der Waals surface area (Å²) < 4.78 is 0. The van der Waals surface area contributed by atoms with Crippen molar-refractivity contribution >= 4 is 33.6 Å². The normalized spacial score (nSPS) is 17.5. The molecule has 5 aromatic rings. The van der Waals surface area contributed by atoms with E-state index in [0.29, 0.717) is 22.4 Å². The largest absolute Gasteiger partial charge is 0.386 e. The summed E-state index contributed by atoms with van der Waals surface area (Å²) in [7, 11) is 0. The Bertz CT molecular complexity index is 1610. The fourth-order valence-electron chi connectivity index (χ4n) is 5.58. The van der Waals surface area contributed by atoms with Crippen LogP contribution in [0.1, 0.15) is 49.6 Å². The molecule has 7 rings (SSSR count). The zero-order valence-electron chi connectivity index (χ0n) is 16.8. The molecule has 3 aromatic carbocycles. The zero-order chi connectivity index (χ0) is 21.6. The van der Waals surface area contributed by atoms with Crippen LogP contribution in [0.25, 0.3) is 32.9 Å². The van der Waals surface area contributed by atoms with Crippen molar-refractivity contribution in [3.63, 3.8) is 0 Å². The van der Waals surface area contributed by atoms with E-state index in [2.05, 4.69) is 15.3 Å². The van der Waals surface area contributed by atoms with Crippen molar-refractivity contribution in [3.8, 4) is 11.1 Å². The Hall–Kier alpha value is -4.16. The summed E-state index contributed by atoms with van der Waals surface area (Å²) >= 11 is 0. The molecule has 1 aliphatic heterocycles. The third-order valence-corrected chi connectivity index (χ3v) is 6.81. The molecule has 0 saturated heterocycles. The van der Waals surface area contributed by atoms with E-state index in [-0.39, 0.29) is 0 Å². The van der Waals surface area contributed by atoms with Gasteiger partial charge in [0.15, 0.2) is 0 Å².